The molecule has 2 N–H and O–H groups in total. The van der Waals surface area contributed by atoms with Gasteiger partial charge in [0, 0.05) is 23.7 Å². The van der Waals surface area contributed by atoms with E-state index in [9.17, 15) is 8.78 Å². The average Bonchev–Trinajstić information content (AvgIpc) is 2.30. The number of rotatable bonds is 6. The number of hydrogen-bond acceptors (Lipinski definition) is 3. The van der Waals surface area contributed by atoms with Crippen LogP contribution in [-0.2, 0) is 0 Å². The molecular weight excluding hydrogens is 288 g/mol. The molecule has 0 spiro atoms. The Morgan fingerprint density at radius 1 is 1.32 bits per heavy atom. The number of hydrogen-bond donors (Lipinski definition) is 2. The fourth-order valence-electron chi connectivity index (χ4n) is 1.29. The van der Waals surface area contributed by atoms with Gasteiger partial charge < -0.3 is 15.5 Å². The van der Waals surface area contributed by atoms with Gasteiger partial charge in [0.15, 0.2) is 5.11 Å². The van der Waals surface area contributed by atoms with Gasteiger partial charge in [-0.1, -0.05) is 11.8 Å². The van der Waals surface area contributed by atoms with Crippen molar-refractivity contribution in [3.8, 4) is 0 Å². The van der Waals surface area contributed by atoms with Crippen LogP contribution in [0.2, 0.25) is 0 Å². The van der Waals surface area contributed by atoms with Crippen molar-refractivity contribution in [2.75, 3.05) is 32.5 Å². The molecule has 0 aliphatic carbocycles. The Morgan fingerprint density at radius 2 is 1.95 bits per heavy atom. The summed E-state index contributed by atoms with van der Waals surface area (Å²) in [5, 5.41) is 6.59. The van der Waals surface area contributed by atoms with Gasteiger partial charge in [-0.2, -0.15) is 8.78 Å². The number of anilines is 1. The van der Waals surface area contributed by atoms with E-state index in [-0.39, 0.29) is 0 Å². The third-order valence-electron chi connectivity index (χ3n) is 2.18. The molecule has 3 nitrogen and oxygen atoms in total. The number of thioether (sulfide) groups is 1. The van der Waals surface area contributed by atoms with Crippen LogP contribution in [0.15, 0.2) is 29.2 Å². The Labute approximate surface area is 121 Å². The van der Waals surface area contributed by atoms with Crippen LogP contribution in [0.4, 0.5) is 14.5 Å². The number of nitrogens with one attached hydrogen (secondary N) is 2. The fourth-order valence-corrected chi connectivity index (χ4v) is 2.01. The summed E-state index contributed by atoms with van der Waals surface area (Å²) in [5.41, 5.74) is 0.779. The lowest BCUT2D eigenvalue weighted by Gasteiger charge is -2.13. The zero-order valence-corrected chi connectivity index (χ0v) is 12.5. The van der Waals surface area contributed by atoms with Crippen LogP contribution in [0.3, 0.4) is 0 Å². The first-order valence-corrected chi connectivity index (χ1v) is 7.00. The van der Waals surface area contributed by atoms with Crippen molar-refractivity contribution >= 4 is 34.8 Å². The number of thiocarbonyl (C=S) groups is 1. The highest BCUT2D eigenvalue weighted by Gasteiger charge is 2.05. The molecule has 1 rings (SSSR count). The van der Waals surface area contributed by atoms with Crippen molar-refractivity contribution in [1.29, 1.82) is 0 Å². The van der Waals surface area contributed by atoms with Crippen LogP contribution in [0, 0.1) is 0 Å². The molecule has 19 heavy (non-hydrogen) atoms. The molecule has 106 valence electrons. The van der Waals surface area contributed by atoms with Crippen LogP contribution >= 0.6 is 24.0 Å². The number of halogens is 2. The zero-order chi connectivity index (χ0) is 14.3. The van der Waals surface area contributed by atoms with Crippen LogP contribution in [-0.4, -0.2) is 43.0 Å². The molecule has 0 amide bonds. The summed E-state index contributed by atoms with van der Waals surface area (Å²) in [6, 6.07) is 6.73. The second-order valence-corrected chi connectivity index (χ2v) is 5.56. The van der Waals surface area contributed by atoms with Crippen molar-refractivity contribution in [2.45, 2.75) is 10.7 Å². The Morgan fingerprint density at radius 3 is 2.47 bits per heavy atom. The Hall–Kier alpha value is -0.920. The molecule has 0 atom stereocenters. The molecule has 1 aromatic carbocycles. The van der Waals surface area contributed by atoms with Gasteiger partial charge >= 0.3 is 0 Å². The van der Waals surface area contributed by atoms with Gasteiger partial charge in [-0.05, 0) is 50.6 Å². The second-order valence-electron chi connectivity index (χ2n) is 4.09. The molecule has 0 unspecified atom stereocenters. The van der Waals surface area contributed by atoms with Crippen molar-refractivity contribution < 1.29 is 8.78 Å². The molecule has 0 bridgehead atoms. The average molecular weight is 305 g/mol. The molecule has 0 heterocycles. The van der Waals surface area contributed by atoms with Crippen LogP contribution < -0.4 is 10.6 Å². The van der Waals surface area contributed by atoms with Crippen molar-refractivity contribution in [3.63, 3.8) is 0 Å². The Bertz CT molecular complexity index is 396. The maximum Gasteiger partial charge on any atom is 0.288 e. The molecule has 0 radical (unpaired) electrons. The van der Waals surface area contributed by atoms with Gasteiger partial charge in [0.1, 0.15) is 0 Å². The van der Waals surface area contributed by atoms with Crippen LogP contribution in [0.5, 0.6) is 0 Å². The largest absolute Gasteiger partial charge is 0.361 e. The minimum atomic E-state index is -2.40. The molecule has 7 heteroatoms. The molecular formula is C12H17F2N3S2. The van der Waals surface area contributed by atoms with Crippen molar-refractivity contribution in [3.05, 3.63) is 24.3 Å². The highest BCUT2D eigenvalue weighted by molar-refractivity contribution is 7.99. The van der Waals surface area contributed by atoms with Crippen molar-refractivity contribution in [1.82, 2.24) is 10.2 Å². The first-order valence-electron chi connectivity index (χ1n) is 5.72. The van der Waals surface area contributed by atoms with E-state index >= 15 is 0 Å². The van der Waals surface area contributed by atoms with Gasteiger partial charge in [0.2, 0.25) is 0 Å². The maximum atomic E-state index is 12.1. The number of nitrogens with zero attached hydrogens (tertiary/aromatic N) is 1. The van der Waals surface area contributed by atoms with E-state index in [0.29, 0.717) is 21.8 Å². The summed E-state index contributed by atoms with van der Waals surface area (Å²) in [5.74, 6) is -2.40. The normalized spacial score (nSPS) is 10.8. The third-order valence-corrected chi connectivity index (χ3v) is 3.15. The summed E-state index contributed by atoms with van der Waals surface area (Å²) in [6.07, 6.45) is 0. The molecule has 0 fully saturated rings. The first kappa shape index (κ1) is 16.1. The minimum absolute atomic E-state index is 0.524. The van der Waals surface area contributed by atoms with Crippen LogP contribution in [0.1, 0.15) is 0 Å². The minimum Gasteiger partial charge on any atom is -0.361 e. The monoisotopic (exact) mass is 305 g/mol. The van der Waals surface area contributed by atoms with Gasteiger partial charge in [-0.3, -0.25) is 0 Å². The summed E-state index contributed by atoms with van der Waals surface area (Å²) < 4.78 is 24.3. The van der Waals surface area contributed by atoms with Crippen molar-refractivity contribution in [2.24, 2.45) is 0 Å². The lowest BCUT2D eigenvalue weighted by Crippen LogP contribution is -2.34. The van der Waals surface area contributed by atoms with E-state index in [4.69, 9.17) is 12.2 Å². The summed E-state index contributed by atoms with van der Waals surface area (Å²) in [6.45, 7) is 1.63. The molecule has 0 aliphatic rings. The summed E-state index contributed by atoms with van der Waals surface area (Å²) in [7, 11) is 3.97. The Kier molecular flexibility index (Phi) is 7.04. The molecule has 0 aliphatic heterocycles. The SMILES string of the molecule is CN(C)CCNC(=S)Nc1ccc(SC(F)F)cc1. The molecule has 1 aromatic rings. The van der Waals surface area contributed by atoms with E-state index < -0.39 is 5.76 Å². The predicted molar refractivity (Wildman–Crippen MR) is 81.1 cm³/mol. The van der Waals surface area contributed by atoms with Gasteiger partial charge in [0.05, 0.1) is 0 Å². The molecule has 0 aromatic heterocycles. The maximum absolute atomic E-state index is 12.1. The van der Waals surface area contributed by atoms with E-state index in [1.807, 2.05) is 19.0 Å². The standard InChI is InChI=1S/C12H17F2N3S2/c1-17(2)8-7-15-12(18)16-9-3-5-10(6-4-9)19-11(13)14/h3-6,11H,7-8H2,1-2H3,(H2,15,16,18). The first-order chi connectivity index (χ1) is 8.97. The second kappa shape index (κ2) is 8.29. The third kappa shape index (κ3) is 7.29. The lowest BCUT2D eigenvalue weighted by molar-refractivity contribution is 0.252. The van der Waals surface area contributed by atoms with E-state index in [1.165, 1.54) is 0 Å². The smallest absolute Gasteiger partial charge is 0.288 e. The van der Waals surface area contributed by atoms with Gasteiger partial charge in [-0.25, -0.2) is 0 Å². The number of likely N-dealkylation sites (N-methyl/N-ethyl adjacent to an activating group) is 1. The fraction of sp³-hybridized carbons (Fsp3) is 0.417. The highest BCUT2D eigenvalue weighted by Crippen LogP contribution is 2.26. The highest BCUT2D eigenvalue weighted by atomic mass is 32.2. The van der Waals surface area contributed by atoms with Gasteiger partial charge in [-0.15, -0.1) is 0 Å². The quantitative estimate of drug-likeness (QED) is 0.623. The predicted octanol–water partition coefficient (Wildman–Crippen LogP) is 2.85. The molecule has 0 saturated carbocycles. The number of benzene rings is 1. The molecule has 0 saturated heterocycles. The number of alkyl halides is 2. The summed E-state index contributed by atoms with van der Waals surface area (Å²) >= 11 is 5.65. The van der Waals surface area contributed by atoms with Crippen LogP contribution in [0.25, 0.3) is 0 Å². The topological polar surface area (TPSA) is 27.3 Å². The summed E-state index contributed by atoms with van der Waals surface area (Å²) in [4.78, 5) is 2.58. The zero-order valence-electron chi connectivity index (χ0n) is 10.8. The Balaban J connectivity index is 2.38. The van der Waals surface area contributed by atoms with E-state index in [1.54, 1.807) is 24.3 Å². The van der Waals surface area contributed by atoms with Gasteiger partial charge in [0.25, 0.3) is 5.76 Å². The van der Waals surface area contributed by atoms with E-state index in [2.05, 4.69) is 10.6 Å². The van der Waals surface area contributed by atoms with E-state index in [0.717, 1.165) is 18.8 Å². The lowest BCUT2D eigenvalue weighted by atomic mass is 10.3.